The average molecular weight is 374 g/mol. The lowest BCUT2D eigenvalue weighted by atomic mass is 10.2. The number of nitrogens with zero attached hydrogens (tertiary/aromatic N) is 2. The van der Waals surface area contributed by atoms with Crippen LogP contribution in [0, 0.1) is 0 Å². The van der Waals surface area contributed by atoms with Crippen LogP contribution in [0.2, 0.25) is 0 Å². The average Bonchev–Trinajstić information content (AvgIpc) is 3.28. The van der Waals surface area contributed by atoms with E-state index in [1.54, 1.807) is 0 Å². The lowest BCUT2D eigenvalue weighted by molar-refractivity contribution is -0.119. The van der Waals surface area contributed by atoms with Gasteiger partial charge in [0.15, 0.2) is 0 Å². The Kier molecular flexibility index (Phi) is 6.65. The van der Waals surface area contributed by atoms with Gasteiger partial charge < -0.3 is 9.73 Å². The van der Waals surface area contributed by atoms with E-state index in [-0.39, 0.29) is 18.4 Å². The van der Waals surface area contributed by atoms with Crippen LogP contribution in [0.4, 0.5) is 4.79 Å². The number of aromatic nitrogens is 2. The fraction of sp³-hybridized carbons (Fsp3) is 0.444. The highest BCUT2D eigenvalue weighted by Crippen LogP contribution is 2.19. The summed E-state index contributed by atoms with van der Waals surface area (Å²) >= 11 is 1.31. The number of amides is 3. The predicted molar refractivity (Wildman–Crippen MR) is 97.8 cm³/mol. The second-order valence-corrected chi connectivity index (χ2v) is 7.27. The number of imide groups is 1. The molecule has 138 valence electrons. The number of nitrogens with one attached hydrogen (secondary N) is 2. The maximum atomic E-state index is 11.8. The van der Waals surface area contributed by atoms with Gasteiger partial charge in [0.1, 0.15) is 0 Å². The molecular weight excluding hydrogens is 352 g/mol. The second-order valence-electron chi connectivity index (χ2n) is 6.23. The van der Waals surface area contributed by atoms with Gasteiger partial charge in [-0.1, -0.05) is 54.9 Å². The molecule has 1 fully saturated rings. The molecule has 1 aliphatic rings. The van der Waals surface area contributed by atoms with Gasteiger partial charge in [0.2, 0.25) is 11.8 Å². The Balaban J connectivity index is 1.35. The van der Waals surface area contributed by atoms with Gasteiger partial charge in [-0.05, 0) is 18.4 Å². The van der Waals surface area contributed by atoms with Crippen molar-refractivity contribution in [3.05, 3.63) is 41.8 Å². The van der Waals surface area contributed by atoms with E-state index in [9.17, 15) is 9.59 Å². The SMILES string of the molecule is O=C(CCSc1nnc(Cc2ccccc2)o1)NC(=O)NC1CCCC1. The van der Waals surface area contributed by atoms with E-state index in [4.69, 9.17) is 4.42 Å². The zero-order valence-corrected chi connectivity index (χ0v) is 15.3. The van der Waals surface area contributed by atoms with Crippen LogP contribution in [-0.4, -0.2) is 33.9 Å². The highest BCUT2D eigenvalue weighted by atomic mass is 32.2. The molecule has 3 rings (SSSR count). The number of hydrogen-bond acceptors (Lipinski definition) is 6. The molecule has 1 aromatic carbocycles. The molecule has 2 aromatic rings. The predicted octanol–water partition coefficient (Wildman–Crippen LogP) is 2.91. The van der Waals surface area contributed by atoms with Crippen molar-refractivity contribution >= 4 is 23.7 Å². The first kappa shape index (κ1) is 18.4. The summed E-state index contributed by atoms with van der Waals surface area (Å²) in [6, 6.07) is 9.66. The highest BCUT2D eigenvalue weighted by molar-refractivity contribution is 7.99. The second kappa shape index (κ2) is 9.38. The van der Waals surface area contributed by atoms with E-state index >= 15 is 0 Å². The fourth-order valence-corrected chi connectivity index (χ4v) is 3.57. The minimum atomic E-state index is -0.408. The van der Waals surface area contributed by atoms with Gasteiger partial charge in [0, 0.05) is 18.2 Å². The van der Waals surface area contributed by atoms with Gasteiger partial charge in [-0.3, -0.25) is 10.1 Å². The van der Waals surface area contributed by atoms with Crippen LogP contribution in [0.15, 0.2) is 40.0 Å². The molecule has 0 aliphatic heterocycles. The molecule has 0 bridgehead atoms. The van der Waals surface area contributed by atoms with Crippen LogP contribution in [0.1, 0.15) is 43.6 Å². The van der Waals surface area contributed by atoms with Gasteiger partial charge in [-0.15, -0.1) is 10.2 Å². The van der Waals surface area contributed by atoms with E-state index in [0.29, 0.717) is 23.3 Å². The summed E-state index contributed by atoms with van der Waals surface area (Å²) in [6.07, 6.45) is 5.02. The molecule has 1 aliphatic carbocycles. The summed E-state index contributed by atoms with van der Waals surface area (Å²) in [5, 5.41) is 13.6. The molecule has 7 nitrogen and oxygen atoms in total. The van der Waals surface area contributed by atoms with Crippen LogP contribution in [-0.2, 0) is 11.2 Å². The molecule has 3 amide bonds. The Bertz CT molecular complexity index is 729. The number of benzene rings is 1. The molecule has 1 saturated carbocycles. The molecule has 0 spiro atoms. The number of rotatable bonds is 7. The number of hydrogen-bond donors (Lipinski definition) is 2. The largest absolute Gasteiger partial charge is 0.416 e. The Morgan fingerprint density at radius 2 is 1.92 bits per heavy atom. The Hall–Kier alpha value is -2.35. The van der Waals surface area contributed by atoms with Crippen LogP contribution in [0.3, 0.4) is 0 Å². The molecule has 0 saturated heterocycles. The summed E-state index contributed by atoms with van der Waals surface area (Å²) in [5.74, 6) is 0.700. The van der Waals surface area contributed by atoms with E-state index in [2.05, 4.69) is 20.8 Å². The first-order valence-electron chi connectivity index (χ1n) is 8.78. The molecule has 0 unspecified atom stereocenters. The van der Waals surface area contributed by atoms with Gasteiger partial charge in [0.25, 0.3) is 5.22 Å². The van der Waals surface area contributed by atoms with Crippen molar-refractivity contribution in [3.63, 3.8) is 0 Å². The molecule has 0 radical (unpaired) electrons. The van der Waals surface area contributed by atoms with Crippen molar-refractivity contribution in [2.45, 2.75) is 49.8 Å². The van der Waals surface area contributed by atoms with Crippen molar-refractivity contribution in [2.75, 3.05) is 5.75 Å². The summed E-state index contributed by atoms with van der Waals surface area (Å²) in [6.45, 7) is 0. The summed E-state index contributed by atoms with van der Waals surface area (Å²) in [7, 11) is 0. The van der Waals surface area contributed by atoms with Gasteiger partial charge in [-0.2, -0.15) is 0 Å². The van der Waals surface area contributed by atoms with Crippen molar-refractivity contribution in [1.82, 2.24) is 20.8 Å². The minimum absolute atomic E-state index is 0.193. The lowest BCUT2D eigenvalue weighted by Gasteiger charge is -2.11. The van der Waals surface area contributed by atoms with Crippen LogP contribution in [0.5, 0.6) is 0 Å². The molecule has 0 atom stereocenters. The first-order valence-corrected chi connectivity index (χ1v) is 9.77. The smallest absolute Gasteiger partial charge is 0.321 e. The quantitative estimate of drug-likeness (QED) is 0.723. The van der Waals surface area contributed by atoms with Crippen molar-refractivity contribution in [2.24, 2.45) is 0 Å². The zero-order chi connectivity index (χ0) is 18.2. The molecule has 2 N–H and O–H groups in total. The van der Waals surface area contributed by atoms with E-state index < -0.39 is 6.03 Å². The van der Waals surface area contributed by atoms with Gasteiger partial charge in [0.05, 0.1) is 6.42 Å². The third kappa shape index (κ3) is 5.87. The van der Waals surface area contributed by atoms with E-state index in [1.807, 2.05) is 30.3 Å². The molecule has 1 heterocycles. The van der Waals surface area contributed by atoms with E-state index in [1.165, 1.54) is 11.8 Å². The summed E-state index contributed by atoms with van der Waals surface area (Å²) in [5.41, 5.74) is 1.10. The summed E-state index contributed by atoms with van der Waals surface area (Å²) in [4.78, 5) is 23.5. The third-order valence-electron chi connectivity index (χ3n) is 4.14. The third-order valence-corrected chi connectivity index (χ3v) is 4.96. The minimum Gasteiger partial charge on any atom is -0.416 e. The maximum Gasteiger partial charge on any atom is 0.321 e. The topological polar surface area (TPSA) is 97.1 Å². The fourth-order valence-electron chi connectivity index (χ4n) is 2.85. The Morgan fingerprint density at radius 1 is 1.15 bits per heavy atom. The highest BCUT2D eigenvalue weighted by Gasteiger charge is 2.18. The van der Waals surface area contributed by atoms with E-state index in [0.717, 1.165) is 31.2 Å². The monoisotopic (exact) mass is 374 g/mol. The van der Waals surface area contributed by atoms with Crippen LogP contribution < -0.4 is 10.6 Å². The zero-order valence-electron chi connectivity index (χ0n) is 14.4. The molecular formula is C18H22N4O3S. The summed E-state index contributed by atoms with van der Waals surface area (Å²) < 4.78 is 5.57. The standard InChI is InChI=1S/C18H22N4O3S/c23-15(20-17(24)19-14-8-4-5-9-14)10-11-26-18-22-21-16(25-18)12-13-6-2-1-3-7-13/h1-3,6-7,14H,4-5,8-12H2,(H2,19,20,23,24). The Labute approximate surface area is 156 Å². The normalized spacial score (nSPS) is 14.3. The van der Waals surface area contributed by atoms with Crippen molar-refractivity contribution in [1.29, 1.82) is 0 Å². The number of urea groups is 1. The maximum absolute atomic E-state index is 11.8. The number of carbonyl (C=O) groups excluding carboxylic acids is 2. The number of carbonyl (C=O) groups is 2. The van der Waals surface area contributed by atoms with Gasteiger partial charge in [-0.25, -0.2) is 4.79 Å². The van der Waals surface area contributed by atoms with Crippen LogP contribution >= 0.6 is 11.8 Å². The van der Waals surface area contributed by atoms with Crippen molar-refractivity contribution in [3.8, 4) is 0 Å². The lowest BCUT2D eigenvalue weighted by Crippen LogP contribution is -2.43. The van der Waals surface area contributed by atoms with Gasteiger partial charge >= 0.3 is 6.03 Å². The molecule has 1 aromatic heterocycles. The molecule has 26 heavy (non-hydrogen) atoms. The number of thioether (sulfide) groups is 1. The van der Waals surface area contributed by atoms with Crippen molar-refractivity contribution < 1.29 is 14.0 Å². The molecule has 8 heteroatoms. The van der Waals surface area contributed by atoms with Crippen LogP contribution in [0.25, 0.3) is 0 Å². The first-order chi connectivity index (χ1) is 12.7. The Morgan fingerprint density at radius 3 is 2.69 bits per heavy atom.